The molecule has 1 aromatic rings. The van der Waals surface area contributed by atoms with Crippen LogP contribution in [0.2, 0.25) is 0 Å². The van der Waals surface area contributed by atoms with E-state index >= 15 is 0 Å². The third kappa shape index (κ3) is 3.93. The number of hydrogen-bond acceptors (Lipinski definition) is 3. The van der Waals surface area contributed by atoms with Gasteiger partial charge in [0.1, 0.15) is 6.04 Å². The van der Waals surface area contributed by atoms with E-state index in [1.165, 1.54) is 4.90 Å². The van der Waals surface area contributed by atoms with E-state index in [4.69, 9.17) is 10.8 Å². The molecule has 1 unspecified atom stereocenters. The number of hydrogen-bond donors (Lipinski definition) is 2. The molecule has 0 saturated carbocycles. The van der Waals surface area contributed by atoms with Gasteiger partial charge >= 0.3 is 5.97 Å². The molecule has 0 amide bonds. The molecule has 0 aromatic heterocycles. The van der Waals surface area contributed by atoms with Crippen LogP contribution in [0.4, 0.5) is 0 Å². The third-order valence-corrected chi connectivity index (χ3v) is 2.90. The molecule has 0 aliphatic rings. The zero-order chi connectivity index (χ0) is 11.3. The summed E-state index contributed by atoms with van der Waals surface area (Å²) < 4.78 is 0. The molecular formula is C11H15NO2S. The first-order chi connectivity index (χ1) is 7.13. The van der Waals surface area contributed by atoms with Gasteiger partial charge in [-0.3, -0.25) is 4.79 Å². The molecule has 0 fully saturated rings. The molecule has 82 valence electrons. The lowest BCUT2D eigenvalue weighted by Crippen LogP contribution is -2.32. The average Bonchev–Trinajstić information content (AvgIpc) is 2.21. The summed E-state index contributed by atoms with van der Waals surface area (Å²) >= 11 is 1.76. The number of carboxylic acids is 1. The van der Waals surface area contributed by atoms with Gasteiger partial charge in [-0.05, 0) is 29.9 Å². The fourth-order valence-electron chi connectivity index (χ4n) is 1.23. The highest BCUT2D eigenvalue weighted by atomic mass is 32.2. The molecule has 3 nitrogen and oxygen atoms in total. The second-order valence-corrected chi connectivity index (χ2v) is 4.56. The van der Waals surface area contributed by atoms with Crippen molar-refractivity contribution in [3.05, 3.63) is 29.8 Å². The topological polar surface area (TPSA) is 63.3 Å². The highest BCUT2D eigenvalue weighted by molar-refractivity contribution is 7.99. The number of rotatable bonds is 5. The lowest BCUT2D eigenvalue weighted by molar-refractivity contribution is -0.138. The van der Waals surface area contributed by atoms with Crippen LogP contribution < -0.4 is 5.73 Å². The first-order valence-corrected chi connectivity index (χ1v) is 5.82. The largest absolute Gasteiger partial charge is 0.480 e. The lowest BCUT2D eigenvalue weighted by atomic mass is 10.1. The van der Waals surface area contributed by atoms with E-state index < -0.39 is 12.0 Å². The van der Waals surface area contributed by atoms with Gasteiger partial charge in [0.05, 0.1) is 0 Å². The van der Waals surface area contributed by atoms with Crippen LogP contribution in [0.15, 0.2) is 29.2 Å². The molecule has 1 rings (SSSR count). The highest BCUT2D eigenvalue weighted by Gasteiger charge is 2.11. The number of carboxylic acid groups (broad SMARTS) is 1. The minimum atomic E-state index is -0.956. The molecule has 0 spiro atoms. The van der Waals surface area contributed by atoms with E-state index in [-0.39, 0.29) is 0 Å². The molecule has 1 atom stereocenters. The first kappa shape index (κ1) is 12.1. The quantitative estimate of drug-likeness (QED) is 0.749. The van der Waals surface area contributed by atoms with Gasteiger partial charge in [-0.15, -0.1) is 11.8 Å². The number of aliphatic carboxylic acids is 1. The maximum absolute atomic E-state index is 10.5. The minimum Gasteiger partial charge on any atom is -0.480 e. The average molecular weight is 225 g/mol. The fraction of sp³-hybridized carbons (Fsp3) is 0.364. The molecule has 0 aliphatic carbocycles. The van der Waals surface area contributed by atoms with Crippen molar-refractivity contribution in [2.75, 3.05) is 5.75 Å². The van der Waals surface area contributed by atoms with E-state index in [1.807, 2.05) is 24.3 Å². The second-order valence-electron chi connectivity index (χ2n) is 3.23. The zero-order valence-electron chi connectivity index (χ0n) is 8.64. The Bertz CT molecular complexity index is 324. The second kappa shape index (κ2) is 5.78. The number of carbonyl (C=O) groups is 1. The number of thioether (sulfide) groups is 1. The Morgan fingerprint density at radius 3 is 2.53 bits per heavy atom. The third-order valence-electron chi connectivity index (χ3n) is 2.01. The summed E-state index contributed by atoms with van der Waals surface area (Å²) in [5.74, 6) is 0.0792. The first-order valence-electron chi connectivity index (χ1n) is 4.83. The van der Waals surface area contributed by atoms with Gasteiger partial charge in [0, 0.05) is 4.90 Å². The van der Waals surface area contributed by atoms with Crippen molar-refractivity contribution < 1.29 is 9.90 Å². The van der Waals surface area contributed by atoms with Gasteiger partial charge in [0.15, 0.2) is 0 Å². The standard InChI is InChI=1S/C11H15NO2S/c1-2-15-9-5-3-8(4-6-9)7-10(12)11(13)14/h3-6,10H,2,7,12H2,1H3,(H,13,14). The van der Waals surface area contributed by atoms with Crippen molar-refractivity contribution in [1.82, 2.24) is 0 Å². The Hall–Kier alpha value is -1.00. The molecule has 0 heterocycles. The van der Waals surface area contributed by atoms with Crippen LogP contribution in [0.3, 0.4) is 0 Å². The van der Waals surface area contributed by atoms with Crippen molar-refractivity contribution in [2.24, 2.45) is 5.73 Å². The van der Waals surface area contributed by atoms with E-state index in [9.17, 15) is 4.79 Å². The molecule has 0 radical (unpaired) electrons. The molecule has 1 aromatic carbocycles. The van der Waals surface area contributed by atoms with Crippen molar-refractivity contribution in [2.45, 2.75) is 24.3 Å². The van der Waals surface area contributed by atoms with Gasteiger partial charge in [-0.2, -0.15) is 0 Å². The fourth-order valence-corrected chi connectivity index (χ4v) is 1.89. The summed E-state index contributed by atoms with van der Waals surface area (Å²) in [7, 11) is 0. The Balaban J connectivity index is 2.60. The maximum atomic E-state index is 10.5. The number of nitrogens with two attached hydrogens (primary N) is 1. The lowest BCUT2D eigenvalue weighted by Gasteiger charge is -2.06. The maximum Gasteiger partial charge on any atom is 0.320 e. The van der Waals surface area contributed by atoms with Crippen molar-refractivity contribution in [3.8, 4) is 0 Å². The van der Waals surface area contributed by atoms with Crippen LogP contribution in [0.1, 0.15) is 12.5 Å². The van der Waals surface area contributed by atoms with Crippen LogP contribution in [0.25, 0.3) is 0 Å². The SMILES string of the molecule is CCSc1ccc(CC(N)C(=O)O)cc1. The summed E-state index contributed by atoms with van der Waals surface area (Å²) in [4.78, 5) is 11.7. The van der Waals surface area contributed by atoms with Gasteiger partial charge in [0.25, 0.3) is 0 Å². The summed E-state index contributed by atoms with van der Waals surface area (Å²) in [5.41, 5.74) is 6.40. The molecule has 3 N–H and O–H groups in total. The molecule has 0 bridgehead atoms. The summed E-state index contributed by atoms with van der Waals surface area (Å²) in [5, 5.41) is 8.65. The van der Waals surface area contributed by atoms with Gasteiger partial charge in [-0.1, -0.05) is 19.1 Å². The minimum absolute atomic E-state index is 0.381. The Morgan fingerprint density at radius 2 is 2.07 bits per heavy atom. The molecule has 0 saturated heterocycles. The summed E-state index contributed by atoms with van der Waals surface area (Å²) in [6.07, 6.45) is 0.381. The van der Waals surface area contributed by atoms with Gasteiger partial charge in [0.2, 0.25) is 0 Å². The van der Waals surface area contributed by atoms with Crippen LogP contribution in [-0.2, 0) is 11.2 Å². The monoisotopic (exact) mass is 225 g/mol. The van der Waals surface area contributed by atoms with E-state index in [0.29, 0.717) is 6.42 Å². The Kier molecular flexibility index (Phi) is 4.65. The predicted molar refractivity (Wildman–Crippen MR) is 62.2 cm³/mol. The van der Waals surface area contributed by atoms with Crippen LogP contribution in [-0.4, -0.2) is 22.9 Å². The Labute approximate surface area is 93.7 Å². The van der Waals surface area contributed by atoms with E-state index in [2.05, 4.69) is 6.92 Å². The molecule has 0 aliphatic heterocycles. The summed E-state index contributed by atoms with van der Waals surface area (Å²) in [6.45, 7) is 2.10. The summed E-state index contributed by atoms with van der Waals surface area (Å²) in [6, 6.07) is 7.05. The molecule has 4 heteroatoms. The van der Waals surface area contributed by atoms with Gasteiger partial charge < -0.3 is 10.8 Å². The smallest absolute Gasteiger partial charge is 0.320 e. The van der Waals surface area contributed by atoms with E-state index in [0.717, 1.165) is 11.3 Å². The van der Waals surface area contributed by atoms with Crippen LogP contribution in [0.5, 0.6) is 0 Å². The Morgan fingerprint density at radius 1 is 1.47 bits per heavy atom. The van der Waals surface area contributed by atoms with Crippen molar-refractivity contribution >= 4 is 17.7 Å². The zero-order valence-corrected chi connectivity index (χ0v) is 9.46. The highest BCUT2D eigenvalue weighted by Crippen LogP contribution is 2.18. The van der Waals surface area contributed by atoms with Crippen LogP contribution >= 0.6 is 11.8 Å². The predicted octanol–water partition coefficient (Wildman–Crippen LogP) is 1.75. The van der Waals surface area contributed by atoms with Crippen LogP contribution in [0, 0.1) is 0 Å². The molecular weight excluding hydrogens is 210 g/mol. The van der Waals surface area contributed by atoms with Gasteiger partial charge in [-0.25, -0.2) is 0 Å². The van der Waals surface area contributed by atoms with Crippen molar-refractivity contribution in [3.63, 3.8) is 0 Å². The van der Waals surface area contributed by atoms with Crippen molar-refractivity contribution in [1.29, 1.82) is 0 Å². The molecule has 15 heavy (non-hydrogen) atoms. The van der Waals surface area contributed by atoms with E-state index in [1.54, 1.807) is 11.8 Å². The number of benzene rings is 1. The normalized spacial score (nSPS) is 12.4.